The molecule has 0 saturated carbocycles. The first-order chi connectivity index (χ1) is 14.6. The van der Waals surface area contributed by atoms with Crippen molar-refractivity contribution < 1.29 is 4.74 Å². The number of methoxy groups -OCH3 is 1. The van der Waals surface area contributed by atoms with E-state index in [2.05, 4.69) is 56.8 Å². The van der Waals surface area contributed by atoms with Crippen LogP contribution in [0, 0.1) is 13.8 Å². The Hall–Kier alpha value is -2.77. The largest absolute Gasteiger partial charge is 0.385 e. The number of aromatic nitrogens is 3. The molecule has 1 N–H and O–H groups in total. The standard InChI is InChI=1S/C23H27N5OS/c1-16-14-19(17(2)28(16)18-8-6-10-24-15-18)22-21(20-9-4-5-11-25-20)26-23(30)27(22)12-7-13-29-3/h4-6,8-11,14-15,21-22H,7,12-13H2,1-3H3,(H,26,30)/t21-,22+/m0/s1. The summed E-state index contributed by atoms with van der Waals surface area (Å²) in [4.78, 5) is 11.2. The van der Waals surface area contributed by atoms with E-state index in [1.807, 2.05) is 30.6 Å². The lowest BCUT2D eigenvalue weighted by molar-refractivity contribution is 0.180. The third kappa shape index (κ3) is 3.82. The Labute approximate surface area is 182 Å². The minimum atomic E-state index is -0.0101. The Morgan fingerprint density at radius 1 is 1.17 bits per heavy atom. The van der Waals surface area contributed by atoms with E-state index in [9.17, 15) is 0 Å². The minimum absolute atomic E-state index is 0.0101. The Morgan fingerprint density at radius 3 is 2.73 bits per heavy atom. The van der Waals surface area contributed by atoms with Gasteiger partial charge in [0.15, 0.2) is 5.11 Å². The molecule has 0 radical (unpaired) electrons. The Kier molecular flexibility index (Phi) is 6.11. The van der Waals surface area contributed by atoms with Gasteiger partial charge in [-0.15, -0.1) is 0 Å². The van der Waals surface area contributed by atoms with Crippen LogP contribution in [0.1, 0.15) is 41.1 Å². The van der Waals surface area contributed by atoms with Gasteiger partial charge in [-0.3, -0.25) is 9.97 Å². The van der Waals surface area contributed by atoms with Crippen molar-refractivity contribution in [3.63, 3.8) is 0 Å². The molecule has 0 amide bonds. The van der Waals surface area contributed by atoms with Crippen molar-refractivity contribution in [3.05, 3.63) is 77.6 Å². The molecule has 1 aliphatic rings. The van der Waals surface area contributed by atoms with Crippen LogP contribution in [0.5, 0.6) is 0 Å². The highest BCUT2D eigenvalue weighted by atomic mass is 32.1. The molecular formula is C23H27N5OS. The van der Waals surface area contributed by atoms with Gasteiger partial charge in [0.25, 0.3) is 0 Å². The Morgan fingerprint density at radius 2 is 2.03 bits per heavy atom. The van der Waals surface area contributed by atoms with Crippen LogP contribution in [-0.4, -0.2) is 44.8 Å². The molecule has 4 heterocycles. The van der Waals surface area contributed by atoms with E-state index < -0.39 is 0 Å². The lowest BCUT2D eigenvalue weighted by Crippen LogP contribution is -2.31. The van der Waals surface area contributed by atoms with Crippen LogP contribution in [0.15, 0.2) is 55.0 Å². The molecule has 0 aromatic carbocycles. The first kappa shape index (κ1) is 20.5. The van der Waals surface area contributed by atoms with Gasteiger partial charge in [-0.25, -0.2) is 0 Å². The van der Waals surface area contributed by atoms with Gasteiger partial charge in [-0.2, -0.15) is 0 Å². The number of hydrogen-bond donors (Lipinski definition) is 1. The zero-order valence-electron chi connectivity index (χ0n) is 17.6. The van der Waals surface area contributed by atoms with Crippen LogP contribution in [0.25, 0.3) is 5.69 Å². The Balaban J connectivity index is 1.78. The third-order valence-electron chi connectivity index (χ3n) is 5.64. The first-order valence-corrected chi connectivity index (χ1v) is 10.6. The first-order valence-electron chi connectivity index (χ1n) is 10.2. The fourth-order valence-corrected chi connectivity index (χ4v) is 4.67. The van der Waals surface area contributed by atoms with Gasteiger partial charge in [0.2, 0.25) is 0 Å². The van der Waals surface area contributed by atoms with E-state index in [0.717, 1.165) is 29.5 Å². The molecule has 0 aliphatic carbocycles. The molecule has 0 spiro atoms. The average Bonchev–Trinajstić information content (AvgIpc) is 3.25. The van der Waals surface area contributed by atoms with Gasteiger partial charge in [0.1, 0.15) is 0 Å². The number of thiocarbonyl (C=S) groups is 1. The quantitative estimate of drug-likeness (QED) is 0.461. The van der Waals surface area contributed by atoms with Crippen molar-refractivity contribution in [1.29, 1.82) is 0 Å². The zero-order valence-corrected chi connectivity index (χ0v) is 18.4. The van der Waals surface area contributed by atoms with E-state index in [1.165, 1.54) is 17.0 Å². The van der Waals surface area contributed by atoms with Crippen molar-refractivity contribution in [2.24, 2.45) is 0 Å². The van der Waals surface area contributed by atoms with Gasteiger partial charge in [0, 0.05) is 44.0 Å². The smallest absolute Gasteiger partial charge is 0.170 e. The molecule has 3 aromatic heterocycles. The van der Waals surface area contributed by atoms with Crippen LogP contribution in [0.3, 0.4) is 0 Å². The third-order valence-corrected chi connectivity index (χ3v) is 5.99. The van der Waals surface area contributed by atoms with Crippen molar-refractivity contribution in [2.45, 2.75) is 32.4 Å². The molecule has 7 heteroatoms. The summed E-state index contributed by atoms with van der Waals surface area (Å²) in [5.74, 6) is 0. The summed E-state index contributed by atoms with van der Waals surface area (Å²) in [6.07, 6.45) is 6.44. The van der Waals surface area contributed by atoms with Gasteiger partial charge < -0.3 is 19.5 Å². The van der Waals surface area contributed by atoms with E-state index >= 15 is 0 Å². The number of aryl methyl sites for hydroxylation is 1. The average molecular weight is 422 g/mol. The number of rotatable bonds is 7. The molecule has 1 aliphatic heterocycles. The van der Waals surface area contributed by atoms with Crippen LogP contribution in [0.4, 0.5) is 0 Å². The van der Waals surface area contributed by atoms with Crippen molar-refractivity contribution in [2.75, 3.05) is 20.3 Å². The molecule has 1 fully saturated rings. The molecule has 0 unspecified atom stereocenters. The highest BCUT2D eigenvalue weighted by molar-refractivity contribution is 7.80. The van der Waals surface area contributed by atoms with Crippen LogP contribution >= 0.6 is 12.2 Å². The van der Waals surface area contributed by atoms with Crippen molar-refractivity contribution in [1.82, 2.24) is 24.8 Å². The van der Waals surface area contributed by atoms with Crippen molar-refractivity contribution >= 4 is 17.3 Å². The van der Waals surface area contributed by atoms with Gasteiger partial charge in [-0.05, 0) is 68.4 Å². The monoisotopic (exact) mass is 421 g/mol. The molecule has 2 atom stereocenters. The fraction of sp³-hybridized carbons (Fsp3) is 0.348. The maximum absolute atomic E-state index is 5.75. The van der Waals surface area contributed by atoms with Crippen LogP contribution in [-0.2, 0) is 4.74 Å². The molecule has 4 rings (SSSR count). The summed E-state index contributed by atoms with van der Waals surface area (Å²) >= 11 is 5.75. The minimum Gasteiger partial charge on any atom is -0.385 e. The normalized spacial score (nSPS) is 18.6. The SMILES string of the molecule is COCCCN1C(=S)N[C@@H](c2ccccn2)[C@H]1c1cc(C)n(-c2cccnc2)c1C. The van der Waals surface area contributed by atoms with E-state index in [1.54, 1.807) is 13.3 Å². The molecule has 1 saturated heterocycles. The number of nitrogens with zero attached hydrogens (tertiary/aromatic N) is 4. The maximum Gasteiger partial charge on any atom is 0.170 e. The lowest BCUT2D eigenvalue weighted by Gasteiger charge is -2.28. The van der Waals surface area contributed by atoms with Crippen LogP contribution in [0.2, 0.25) is 0 Å². The molecular weight excluding hydrogens is 394 g/mol. The topological polar surface area (TPSA) is 55.2 Å². The predicted octanol–water partition coefficient (Wildman–Crippen LogP) is 3.89. The molecule has 30 heavy (non-hydrogen) atoms. The second kappa shape index (κ2) is 8.93. The number of nitrogens with one attached hydrogen (secondary N) is 1. The summed E-state index contributed by atoms with van der Waals surface area (Å²) in [6.45, 7) is 5.83. The van der Waals surface area contributed by atoms with E-state index in [0.29, 0.717) is 6.61 Å². The molecule has 156 valence electrons. The summed E-state index contributed by atoms with van der Waals surface area (Å²) in [5, 5.41) is 4.29. The van der Waals surface area contributed by atoms with Gasteiger partial charge in [0.05, 0.1) is 29.7 Å². The second-order valence-electron chi connectivity index (χ2n) is 7.54. The molecule has 3 aromatic rings. The summed E-state index contributed by atoms with van der Waals surface area (Å²) in [5.41, 5.74) is 5.66. The Bertz CT molecular complexity index is 1010. The van der Waals surface area contributed by atoms with E-state index in [4.69, 9.17) is 17.0 Å². The number of pyridine rings is 2. The fourth-order valence-electron chi connectivity index (χ4n) is 4.33. The summed E-state index contributed by atoms with van der Waals surface area (Å²) in [6, 6.07) is 12.4. The highest BCUT2D eigenvalue weighted by Gasteiger charge is 2.41. The van der Waals surface area contributed by atoms with Crippen molar-refractivity contribution in [3.8, 4) is 5.69 Å². The van der Waals surface area contributed by atoms with Gasteiger partial charge in [-0.1, -0.05) is 6.07 Å². The zero-order chi connectivity index (χ0) is 21.1. The van der Waals surface area contributed by atoms with Crippen LogP contribution < -0.4 is 5.32 Å². The van der Waals surface area contributed by atoms with E-state index in [-0.39, 0.29) is 12.1 Å². The molecule has 0 bridgehead atoms. The molecule has 6 nitrogen and oxygen atoms in total. The number of ether oxygens (including phenoxy) is 1. The summed E-state index contributed by atoms with van der Waals surface area (Å²) in [7, 11) is 1.73. The summed E-state index contributed by atoms with van der Waals surface area (Å²) < 4.78 is 7.54. The lowest BCUT2D eigenvalue weighted by atomic mass is 9.96. The second-order valence-corrected chi connectivity index (χ2v) is 7.93. The number of hydrogen-bond acceptors (Lipinski definition) is 4. The predicted molar refractivity (Wildman–Crippen MR) is 122 cm³/mol. The highest BCUT2D eigenvalue weighted by Crippen LogP contribution is 2.41. The maximum atomic E-state index is 5.75. The van der Waals surface area contributed by atoms with Gasteiger partial charge >= 0.3 is 0 Å².